The first-order chi connectivity index (χ1) is 10.8. The average molecular weight is 329 g/mol. The van der Waals surface area contributed by atoms with Crippen LogP contribution in [0.1, 0.15) is 5.56 Å². The van der Waals surface area contributed by atoms with Crippen molar-refractivity contribution in [3.05, 3.63) is 48.6 Å². The number of urea groups is 1. The molecule has 0 aromatic heterocycles. The van der Waals surface area contributed by atoms with Crippen LogP contribution in [0.15, 0.2) is 43.0 Å². The lowest BCUT2D eigenvalue weighted by molar-refractivity contribution is -0.125. The number of hydrogen-bond donors (Lipinski definition) is 2. The molecule has 0 radical (unpaired) electrons. The topological polar surface area (TPSA) is 61.4 Å². The fourth-order valence-corrected chi connectivity index (χ4v) is 1.80. The van der Waals surface area contributed by atoms with Gasteiger partial charge in [-0.25, -0.2) is 4.79 Å². The Labute approximate surface area is 132 Å². The van der Waals surface area contributed by atoms with Gasteiger partial charge in [0.25, 0.3) is 0 Å². The molecule has 0 fully saturated rings. The molecule has 8 heteroatoms. The molecule has 0 heterocycles. The molecule has 23 heavy (non-hydrogen) atoms. The van der Waals surface area contributed by atoms with Crippen LogP contribution in [0.2, 0.25) is 0 Å². The standard InChI is InChI=1S/C15H18F3N3O2/c1-2-8-21(9-12-6-4-3-5-7-12)10-13(22)20-14(23)19-11-15(16,17)18/h2-7H,1,8-11H2,(H2,19,20,22,23). The predicted molar refractivity (Wildman–Crippen MR) is 79.5 cm³/mol. The minimum atomic E-state index is -4.53. The highest BCUT2D eigenvalue weighted by atomic mass is 19.4. The van der Waals surface area contributed by atoms with Gasteiger partial charge in [0.15, 0.2) is 0 Å². The Morgan fingerprint density at radius 3 is 2.43 bits per heavy atom. The molecular weight excluding hydrogens is 311 g/mol. The molecule has 0 spiro atoms. The summed E-state index contributed by atoms with van der Waals surface area (Å²) in [5.74, 6) is -0.692. The summed E-state index contributed by atoms with van der Waals surface area (Å²) in [6.45, 7) is 2.80. The fourth-order valence-electron chi connectivity index (χ4n) is 1.80. The number of amides is 3. The second-order valence-electron chi connectivity index (χ2n) is 4.79. The van der Waals surface area contributed by atoms with E-state index in [4.69, 9.17) is 0 Å². The van der Waals surface area contributed by atoms with Crippen LogP contribution in [-0.2, 0) is 11.3 Å². The van der Waals surface area contributed by atoms with Crippen LogP contribution < -0.4 is 10.6 Å². The Bertz CT molecular complexity index is 533. The lowest BCUT2D eigenvalue weighted by Gasteiger charge is -2.20. The molecule has 0 aliphatic heterocycles. The third-order valence-corrected chi connectivity index (χ3v) is 2.71. The smallest absolute Gasteiger partial charge is 0.329 e. The quantitative estimate of drug-likeness (QED) is 0.753. The van der Waals surface area contributed by atoms with Crippen molar-refractivity contribution in [3.8, 4) is 0 Å². The molecule has 3 amide bonds. The summed E-state index contributed by atoms with van der Waals surface area (Å²) >= 11 is 0. The van der Waals surface area contributed by atoms with E-state index in [0.717, 1.165) is 5.56 Å². The third kappa shape index (κ3) is 8.62. The van der Waals surface area contributed by atoms with Crippen LogP contribution in [0.5, 0.6) is 0 Å². The molecule has 1 aromatic carbocycles. The maximum absolute atomic E-state index is 12.0. The van der Waals surface area contributed by atoms with Gasteiger partial charge in [-0.3, -0.25) is 15.0 Å². The third-order valence-electron chi connectivity index (χ3n) is 2.71. The summed E-state index contributed by atoms with van der Waals surface area (Å²) in [6, 6.07) is 8.15. The van der Waals surface area contributed by atoms with E-state index in [2.05, 4.69) is 6.58 Å². The van der Waals surface area contributed by atoms with Gasteiger partial charge in [0.2, 0.25) is 5.91 Å². The molecule has 1 aromatic rings. The van der Waals surface area contributed by atoms with Gasteiger partial charge < -0.3 is 5.32 Å². The second-order valence-corrected chi connectivity index (χ2v) is 4.79. The first-order valence-corrected chi connectivity index (χ1v) is 6.82. The van der Waals surface area contributed by atoms with Crippen molar-refractivity contribution in [2.45, 2.75) is 12.7 Å². The van der Waals surface area contributed by atoms with Gasteiger partial charge in [0.05, 0.1) is 6.54 Å². The van der Waals surface area contributed by atoms with Gasteiger partial charge in [-0.05, 0) is 5.56 Å². The number of carbonyl (C=O) groups excluding carboxylic acids is 2. The highest BCUT2D eigenvalue weighted by Gasteiger charge is 2.28. The van der Waals surface area contributed by atoms with Crippen molar-refractivity contribution in [2.24, 2.45) is 0 Å². The zero-order valence-electron chi connectivity index (χ0n) is 12.4. The minimum absolute atomic E-state index is 0.139. The zero-order chi connectivity index (χ0) is 17.3. The van der Waals surface area contributed by atoms with Crippen LogP contribution in [0.4, 0.5) is 18.0 Å². The summed E-state index contributed by atoms with van der Waals surface area (Å²) in [7, 11) is 0. The van der Waals surface area contributed by atoms with Crippen LogP contribution in [0, 0.1) is 0 Å². The van der Waals surface area contributed by atoms with Gasteiger partial charge in [-0.1, -0.05) is 36.4 Å². The van der Waals surface area contributed by atoms with Crippen LogP contribution in [0.3, 0.4) is 0 Å². The molecule has 5 nitrogen and oxygen atoms in total. The number of rotatable bonds is 7. The van der Waals surface area contributed by atoms with E-state index in [9.17, 15) is 22.8 Å². The van der Waals surface area contributed by atoms with Crippen LogP contribution in [-0.4, -0.2) is 42.6 Å². The maximum atomic E-state index is 12.0. The number of benzene rings is 1. The number of alkyl halides is 3. The molecular formula is C15H18F3N3O2. The molecule has 0 aliphatic carbocycles. The Kier molecular flexibility index (Phi) is 7.27. The van der Waals surface area contributed by atoms with Gasteiger partial charge in [0, 0.05) is 13.1 Å². The summed E-state index contributed by atoms with van der Waals surface area (Å²) in [4.78, 5) is 24.6. The minimum Gasteiger partial charge on any atom is -0.329 e. The van der Waals surface area contributed by atoms with E-state index in [1.165, 1.54) is 0 Å². The number of nitrogens with zero attached hydrogens (tertiary/aromatic N) is 1. The van der Waals surface area contributed by atoms with Gasteiger partial charge >= 0.3 is 12.2 Å². The number of hydrogen-bond acceptors (Lipinski definition) is 3. The SMILES string of the molecule is C=CCN(CC(=O)NC(=O)NCC(F)(F)F)Cc1ccccc1. The Balaban J connectivity index is 2.47. The summed E-state index contributed by atoms with van der Waals surface area (Å²) in [5, 5.41) is 3.44. The fraction of sp³-hybridized carbons (Fsp3) is 0.333. The molecule has 126 valence electrons. The van der Waals surface area contributed by atoms with Crippen molar-refractivity contribution in [2.75, 3.05) is 19.6 Å². The number of imide groups is 1. The van der Waals surface area contributed by atoms with E-state index in [1.807, 2.05) is 35.6 Å². The number of halogens is 3. The van der Waals surface area contributed by atoms with Gasteiger partial charge in [-0.2, -0.15) is 13.2 Å². The average Bonchev–Trinajstić information content (AvgIpc) is 2.45. The van der Waals surface area contributed by atoms with Crippen molar-refractivity contribution in [1.29, 1.82) is 0 Å². The molecule has 2 N–H and O–H groups in total. The lowest BCUT2D eigenvalue weighted by atomic mass is 10.2. The first-order valence-electron chi connectivity index (χ1n) is 6.82. The number of carbonyl (C=O) groups is 2. The highest BCUT2D eigenvalue weighted by molar-refractivity contribution is 5.95. The lowest BCUT2D eigenvalue weighted by Crippen LogP contribution is -2.46. The van der Waals surface area contributed by atoms with Crippen molar-refractivity contribution >= 4 is 11.9 Å². The Hall–Kier alpha value is -2.35. The monoisotopic (exact) mass is 329 g/mol. The molecule has 0 bridgehead atoms. The summed E-state index contributed by atoms with van der Waals surface area (Å²) in [6.07, 6.45) is -2.93. The first kappa shape index (κ1) is 18.7. The van der Waals surface area contributed by atoms with E-state index >= 15 is 0 Å². The van der Waals surface area contributed by atoms with Crippen LogP contribution >= 0.6 is 0 Å². The maximum Gasteiger partial charge on any atom is 0.405 e. The normalized spacial score (nSPS) is 11.1. The van der Waals surface area contributed by atoms with Gasteiger partial charge in [-0.15, -0.1) is 6.58 Å². The molecule has 0 saturated carbocycles. The number of nitrogens with one attached hydrogen (secondary N) is 2. The zero-order valence-corrected chi connectivity index (χ0v) is 12.4. The van der Waals surface area contributed by atoms with Crippen LogP contribution in [0.25, 0.3) is 0 Å². The Morgan fingerprint density at radius 2 is 1.87 bits per heavy atom. The van der Waals surface area contributed by atoms with E-state index in [1.54, 1.807) is 16.3 Å². The molecule has 1 rings (SSSR count). The van der Waals surface area contributed by atoms with Crippen molar-refractivity contribution in [1.82, 2.24) is 15.5 Å². The van der Waals surface area contributed by atoms with E-state index in [-0.39, 0.29) is 6.54 Å². The molecule has 0 saturated heterocycles. The summed E-state index contributed by atoms with van der Waals surface area (Å²) in [5.41, 5.74) is 0.962. The molecule has 0 aliphatic rings. The second kappa shape index (κ2) is 8.94. The molecule has 0 unspecified atom stereocenters. The largest absolute Gasteiger partial charge is 0.405 e. The molecule has 0 atom stereocenters. The van der Waals surface area contributed by atoms with Crippen molar-refractivity contribution in [3.63, 3.8) is 0 Å². The predicted octanol–water partition coefficient (Wildman–Crippen LogP) is 2.06. The van der Waals surface area contributed by atoms with E-state index < -0.39 is 24.7 Å². The van der Waals surface area contributed by atoms with Crippen molar-refractivity contribution < 1.29 is 22.8 Å². The summed E-state index contributed by atoms with van der Waals surface area (Å²) < 4.78 is 35.9. The highest BCUT2D eigenvalue weighted by Crippen LogP contribution is 2.11. The van der Waals surface area contributed by atoms with E-state index in [0.29, 0.717) is 13.1 Å². The Morgan fingerprint density at radius 1 is 1.22 bits per heavy atom. The van der Waals surface area contributed by atoms with Gasteiger partial charge in [0.1, 0.15) is 6.54 Å².